The van der Waals surface area contributed by atoms with Crippen LogP contribution in [0.3, 0.4) is 0 Å². The number of epoxide rings is 2. The molecule has 174 valence electrons. The molecular formula is C28H28N2O4. The average molecular weight is 457 g/mol. The van der Waals surface area contributed by atoms with Crippen molar-refractivity contribution in [3.05, 3.63) is 82.9 Å². The van der Waals surface area contributed by atoms with E-state index in [-0.39, 0.29) is 12.2 Å². The topological polar surface area (TPSA) is 68.2 Å². The molecule has 0 N–H and O–H groups in total. The fourth-order valence-electron chi connectivity index (χ4n) is 3.41. The van der Waals surface area contributed by atoms with E-state index in [9.17, 15) is 0 Å². The van der Waals surface area contributed by atoms with Gasteiger partial charge in [0.15, 0.2) is 0 Å². The number of aryl methyl sites for hydroxylation is 2. The summed E-state index contributed by atoms with van der Waals surface area (Å²) in [6, 6.07) is 20.0. The van der Waals surface area contributed by atoms with E-state index in [1.165, 1.54) is 0 Å². The Bertz CT molecular complexity index is 1100. The summed E-state index contributed by atoms with van der Waals surface area (Å²) in [5, 5.41) is 0. The third-order valence-corrected chi connectivity index (χ3v) is 5.63. The molecule has 34 heavy (non-hydrogen) atoms. The normalized spacial score (nSPS) is 19.0. The predicted octanol–water partition coefficient (Wildman–Crippen LogP) is 5.36. The van der Waals surface area contributed by atoms with Crippen molar-refractivity contribution in [1.82, 2.24) is 0 Å². The standard InChI is InChI=1S/C28H28N2O4/c1-19-11-23(7-9-27(19)33-17-25-15-31-25)29-13-21-3-5-22(6-4-21)14-30-24-8-10-28(20(2)12-24)34-18-26-16-32-26/h3-14,25-26H,15-18H2,1-2H3. The van der Waals surface area contributed by atoms with Crippen molar-refractivity contribution < 1.29 is 18.9 Å². The Morgan fingerprint density at radius 1 is 0.706 bits per heavy atom. The minimum absolute atomic E-state index is 0.252. The molecule has 2 aliphatic rings. The smallest absolute Gasteiger partial charge is 0.122 e. The maximum Gasteiger partial charge on any atom is 0.122 e. The van der Waals surface area contributed by atoms with E-state index in [4.69, 9.17) is 18.9 Å². The van der Waals surface area contributed by atoms with Gasteiger partial charge in [-0.1, -0.05) is 24.3 Å². The Balaban J connectivity index is 1.16. The molecule has 2 unspecified atom stereocenters. The highest BCUT2D eigenvalue weighted by Crippen LogP contribution is 2.26. The molecular weight excluding hydrogens is 428 g/mol. The van der Waals surface area contributed by atoms with Crippen LogP contribution in [0.4, 0.5) is 11.4 Å². The first-order valence-corrected chi connectivity index (χ1v) is 11.5. The zero-order chi connectivity index (χ0) is 23.3. The molecule has 3 aromatic rings. The number of nitrogens with zero attached hydrogens (tertiary/aromatic N) is 2. The van der Waals surface area contributed by atoms with Crippen molar-refractivity contribution >= 4 is 23.8 Å². The lowest BCUT2D eigenvalue weighted by atomic mass is 10.1. The second-order valence-corrected chi connectivity index (χ2v) is 8.62. The number of benzene rings is 3. The second-order valence-electron chi connectivity index (χ2n) is 8.62. The van der Waals surface area contributed by atoms with Gasteiger partial charge in [-0.25, -0.2) is 0 Å². The molecule has 0 bridgehead atoms. The van der Waals surface area contributed by atoms with Gasteiger partial charge in [0.2, 0.25) is 0 Å². The van der Waals surface area contributed by atoms with Crippen molar-refractivity contribution in [3.8, 4) is 11.5 Å². The van der Waals surface area contributed by atoms with Crippen LogP contribution in [0.1, 0.15) is 22.3 Å². The first-order valence-electron chi connectivity index (χ1n) is 11.5. The van der Waals surface area contributed by atoms with Crippen LogP contribution in [0.25, 0.3) is 0 Å². The summed E-state index contributed by atoms with van der Waals surface area (Å²) in [4.78, 5) is 9.20. The number of aliphatic imine (C=N–C) groups is 2. The lowest BCUT2D eigenvalue weighted by Gasteiger charge is -2.08. The van der Waals surface area contributed by atoms with Crippen LogP contribution in [0.5, 0.6) is 11.5 Å². The molecule has 6 nitrogen and oxygen atoms in total. The maximum absolute atomic E-state index is 5.78. The van der Waals surface area contributed by atoms with Gasteiger partial charge < -0.3 is 18.9 Å². The van der Waals surface area contributed by atoms with Crippen molar-refractivity contribution in [2.24, 2.45) is 9.98 Å². The average Bonchev–Trinajstić information content (AvgIpc) is 3.76. The lowest BCUT2D eigenvalue weighted by Crippen LogP contribution is -2.04. The minimum Gasteiger partial charge on any atom is -0.491 e. The summed E-state index contributed by atoms with van der Waals surface area (Å²) in [6.07, 6.45) is 4.23. The molecule has 3 aromatic carbocycles. The second kappa shape index (κ2) is 10.2. The number of hydrogen-bond donors (Lipinski definition) is 0. The molecule has 2 aliphatic heterocycles. The SMILES string of the molecule is Cc1cc(N=Cc2ccc(C=Nc3ccc(OCC4CO4)c(C)c3)cc2)ccc1OCC1CO1. The third kappa shape index (κ3) is 6.31. The van der Waals surface area contributed by atoms with Crippen molar-refractivity contribution in [2.75, 3.05) is 26.4 Å². The summed E-state index contributed by atoms with van der Waals surface area (Å²) in [7, 11) is 0. The van der Waals surface area contributed by atoms with Gasteiger partial charge in [-0.2, -0.15) is 0 Å². The minimum atomic E-state index is 0.252. The van der Waals surface area contributed by atoms with Gasteiger partial charge in [-0.05, 0) is 72.5 Å². The number of rotatable bonds is 10. The summed E-state index contributed by atoms with van der Waals surface area (Å²) in [6.45, 7) is 6.86. The summed E-state index contributed by atoms with van der Waals surface area (Å²) in [5.74, 6) is 1.76. The molecule has 5 rings (SSSR count). The van der Waals surface area contributed by atoms with Crippen LogP contribution in [0.2, 0.25) is 0 Å². The Labute approximate surface area is 199 Å². The molecule has 2 saturated heterocycles. The van der Waals surface area contributed by atoms with Crippen LogP contribution < -0.4 is 9.47 Å². The van der Waals surface area contributed by atoms with Crippen LogP contribution in [-0.4, -0.2) is 51.1 Å². The molecule has 0 amide bonds. The van der Waals surface area contributed by atoms with Gasteiger partial charge in [0.05, 0.1) is 24.6 Å². The van der Waals surface area contributed by atoms with Crippen LogP contribution in [0, 0.1) is 13.8 Å². The van der Waals surface area contributed by atoms with Crippen molar-refractivity contribution in [3.63, 3.8) is 0 Å². The Hall–Kier alpha value is -3.48. The molecule has 0 radical (unpaired) electrons. The van der Waals surface area contributed by atoms with E-state index in [1.54, 1.807) is 0 Å². The molecule has 0 saturated carbocycles. The molecule has 2 heterocycles. The van der Waals surface area contributed by atoms with E-state index < -0.39 is 0 Å². The number of hydrogen-bond acceptors (Lipinski definition) is 6. The molecule has 0 aliphatic carbocycles. The van der Waals surface area contributed by atoms with E-state index in [0.29, 0.717) is 13.2 Å². The van der Waals surface area contributed by atoms with E-state index in [0.717, 1.165) is 58.3 Å². The highest BCUT2D eigenvalue weighted by atomic mass is 16.6. The molecule has 2 fully saturated rings. The fourth-order valence-corrected chi connectivity index (χ4v) is 3.41. The summed E-state index contributed by atoms with van der Waals surface area (Å²) < 4.78 is 21.9. The largest absolute Gasteiger partial charge is 0.491 e. The van der Waals surface area contributed by atoms with Gasteiger partial charge in [0.1, 0.15) is 36.9 Å². The molecule has 6 heteroatoms. The predicted molar refractivity (Wildman–Crippen MR) is 134 cm³/mol. The van der Waals surface area contributed by atoms with Gasteiger partial charge in [-0.3, -0.25) is 9.98 Å². The first-order chi connectivity index (χ1) is 16.6. The monoisotopic (exact) mass is 456 g/mol. The maximum atomic E-state index is 5.78. The van der Waals surface area contributed by atoms with Crippen LogP contribution >= 0.6 is 0 Å². The van der Waals surface area contributed by atoms with Gasteiger partial charge in [0.25, 0.3) is 0 Å². The summed E-state index contributed by atoms with van der Waals surface area (Å²) in [5.41, 5.74) is 5.97. The molecule has 2 atom stereocenters. The fraction of sp³-hybridized carbons (Fsp3) is 0.286. The van der Waals surface area contributed by atoms with Crippen molar-refractivity contribution in [2.45, 2.75) is 26.1 Å². The number of ether oxygens (including phenoxy) is 4. The molecule has 0 aromatic heterocycles. The van der Waals surface area contributed by atoms with E-state index in [2.05, 4.69) is 9.98 Å². The quantitative estimate of drug-likeness (QED) is 0.304. The van der Waals surface area contributed by atoms with E-state index in [1.807, 2.05) is 86.9 Å². The van der Waals surface area contributed by atoms with Gasteiger partial charge >= 0.3 is 0 Å². The highest BCUT2D eigenvalue weighted by molar-refractivity contribution is 5.86. The molecule has 0 spiro atoms. The van der Waals surface area contributed by atoms with Crippen LogP contribution in [0.15, 0.2) is 70.6 Å². The Kier molecular flexibility index (Phi) is 6.70. The first kappa shape index (κ1) is 22.3. The zero-order valence-electron chi connectivity index (χ0n) is 19.4. The zero-order valence-corrected chi connectivity index (χ0v) is 19.4. The van der Waals surface area contributed by atoms with Gasteiger partial charge in [0, 0.05) is 12.4 Å². The highest BCUT2D eigenvalue weighted by Gasteiger charge is 2.24. The lowest BCUT2D eigenvalue weighted by molar-refractivity contribution is 0.262. The Morgan fingerprint density at radius 2 is 1.12 bits per heavy atom. The Morgan fingerprint density at radius 3 is 1.47 bits per heavy atom. The van der Waals surface area contributed by atoms with Crippen LogP contribution in [-0.2, 0) is 9.47 Å². The van der Waals surface area contributed by atoms with Crippen molar-refractivity contribution in [1.29, 1.82) is 0 Å². The van der Waals surface area contributed by atoms with Gasteiger partial charge in [-0.15, -0.1) is 0 Å². The van der Waals surface area contributed by atoms with E-state index >= 15 is 0 Å². The third-order valence-electron chi connectivity index (χ3n) is 5.63. The summed E-state index contributed by atoms with van der Waals surface area (Å²) >= 11 is 0.